The molecule has 0 saturated heterocycles. The normalized spacial score (nSPS) is 49.8. The van der Waals surface area contributed by atoms with Crippen molar-refractivity contribution in [1.29, 1.82) is 0 Å². The summed E-state index contributed by atoms with van der Waals surface area (Å²) in [5.41, 5.74) is 1.38. The molecular weight excluding hydrogens is 335 g/mol. The number of fused-ring (bicyclic) bond motifs is 5. The lowest BCUT2D eigenvalue weighted by Crippen LogP contribution is -2.54. The van der Waals surface area contributed by atoms with Gasteiger partial charge in [-0.2, -0.15) is 0 Å². The molecule has 0 amide bonds. The second-order valence-electron chi connectivity index (χ2n) is 9.19. The van der Waals surface area contributed by atoms with Crippen LogP contribution in [0.5, 0.6) is 0 Å². The maximum Gasteiger partial charge on any atom is 0.173 e. The molecule has 0 N–H and O–H groups in total. The lowest BCUT2D eigenvalue weighted by Gasteiger charge is -2.59. The molecule has 7 atom stereocenters. The number of carbonyl (C=O) groups is 2. The van der Waals surface area contributed by atoms with Crippen molar-refractivity contribution < 1.29 is 14.0 Å². The highest BCUT2D eigenvalue weighted by molar-refractivity contribution is 7.85. The summed E-state index contributed by atoms with van der Waals surface area (Å²) in [6, 6.07) is 0. The van der Waals surface area contributed by atoms with E-state index >= 15 is 0 Å². The molecule has 136 valence electrons. The number of ketones is 2. The highest BCUT2D eigenvalue weighted by atomic mass is 32.1. The minimum absolute atomic E-state index is 0.0832. The molecule has 2 unspecified atom stereocenters. The number of alkyl halides is 1. The average Bonchev–Trinajstić information content (AvgIpc) is 2.80. The van der Waals surface area contributed by atoms with Crippen molar-refractivity contribution in [1.82, 2.24) is 0 Å². The van der Waals surface area contributed by atoms with E-state index in [-0.39, 0.29) is 34.7 Å². The first-order valence-corrected chi connectivity index (χ1v) is 9.92. The molecule has 0 heterocycles. The summed E-state index contributed by atoms with van der Waals surface area (Å²) >= 11 is 4.56. The third kappa shape index (κ3) is 2.03. The van der Waals surface area contributed by atoms with Crippen molar-refractivity contribution in [2.45, 2.75) is 59.0 Å². The zero-order chi connectivity index (χ0) is 18.3. The van der Waals surface area contributed by atoms with Crippen molar-refractivity contribution >= 4 is 24.2 Å². The molecule has 3 saturated carbocycles. The summed E-state index contributed by atoms with van der Waals surface area (Å²) in [5, 5.41) is 0. The van der Waals surface area contributed by atoms with E-state index in [0.717, 1.165) is 30.4 Å². The predicted octanol–water partition coefficient (Wildman–Crippen LogP) is 4.71. The third-order valence-corrected chi connectivity index (χ3v) is 8.71. The molecule has 0 aromatic carbocycles. The number of hydrogen-bond donors (Lipinski definition) is 1. The number of allylic oxidation sites excluding steroid dienone is 2. The van der Waals surface area contributed by atoms with E-state index < -0.39 is 11.6 Å². The Labute approximate surface area is 154 Å². The maximum atomic E-state index is 14.4. The summed E-state index contributed by atoms with van der Waals surface area (Å²) in [7, 11) is 0. The van der Waals surface area contributed by atoms with Crippen LogP contribution in [0.4, 0.5) is 4.39 Å². The van der Waals surface area contributed by atoms with Crippen LogP contribution in [0, 0.1) is 34.5 Å². The zero-order valence-electron chi connectivity index (χ0n) is 15.3. The fraction of sp³-hybridized carbons (Fsp3) is 0.714. The van der Waals surface area contributed by atoms with Crippen LogP contribution in [0.15, 0.2) is 22.6 Å². The van der Waals surface area contributed by atoms with Crippen LogP contribution in [0.25, 0.3) is 0 Å². The van der Waals surface area contributed by atoms with E-state index in [1.807, 2.05) is 6.92 Å². The zero-order valence-corrected chi connectivity index (χ0v) is 16.2. The summed E-state index contributed by atoms with van der Waals surface area (Å²) < 4.78 is 14.4. The minimum atomic E-state index is -1.31. The molecule has 4 heteroatoms. The van der Waals surface area contributed by atoms with E-state index in [1.54, 1.807) is 0 Å². The van der Waals surface area contributed by atoms with Crippen molar-refractivity contribution in [2.75, 3.05) is 0 Å². The summed E-state index contributed by atoms with van der Waals surface area (Å²) in [4.78, 5) is 25.4. The van der Waals surface area contributed by atoms with Crippen LogP contribution in [-0.4, -0.2) is 17.7 Å². The minimum Gasteiger partial charge on any atom is -0.296 e. The Bertz CT molecular complexity index is 725. The monoisotopic (exact) mass is 362 g/mol. The van der Waals surface area contributed by atoms with Crippen LogP contribution in [-0.2, 0) is 9.59 Å². The average molecular weight is 363 g/mol. The molecular formula is C21H27FO2S. The largest absolute Gasteiger partial charge is 0.296 e. The second kappa shape index (κ2) is 5.31. The van der Waals surface area contributed by atoms with Gasteiger partial charge in [-0.25, -0.2) is 4.39 Å². The lowest BCUT2D eigenvalue weighted by molar-refractivity contribution is -0.135. The highest BCUT2D eigenvalue weighted by Crippen LogP contribution is 2.67. The number of Topliss-reactive ketones (excluding diaryl/α,β-unsaturated/α-hetero) is 2. The Kier molecular flexibility index (Phi) is 3.72. The third-order valence-electron chi connectivity index (χ3n) is 8.24. The van der Waals surface area contributed by atoms with Crippen molar-refractivity contribution in [3.63, 3.8) is 0 Å². The molecule has 0 aliphatic heterocycles. The number of rotatable bonds is 0. The summed E-state index contributed by atoms with van der Waals surface area (Å²) in [6.07, 6.45) is 2.06. The molecule has 0 radical (unpaired) electrons. The van der Waals surface area contributed by atoms with E-state index in [1.165, 1.54) is 0 Å². The van der Waals surface area contributed by atoms with Gasteiger partial charge in [0.25, 0.3) is 0 Å². The summed E-state index contributed by atoms with van der Waals surface area (Å²) in [6.45, 7) is 10.7. The molecule has 0 bridgehead atoms. The molecule has 4 aliphatic carbocycles. The Morgan fingerprint density at radius 3 is 2.52 bits per heavy atom. The Hall–Kier alpha value is -0.900. The van der Waals surface area contributed by atoms with Gasteiger partial charge in [0.15, 0.2) is 17.7 Å². The Morgan fingerprint density at radius 2 is 1.84 bits per heavy atom. The fourth-order valence-electron chi connectivity index (χ4n) is 6.77. The maximum absolute atomic E-state index is 14.4. The van der Waals surface area contributed by atoms with Crippen molar-refractivity contribution in [3.8, 4) is 0 Å². The van der Waals surface area contributed by atoms with Crippen LogP contribution >= 0.6 is 12.6 Å². The van der Waals surface area contributed by atoms with Crippen molar-refractivity contribution in [3.05, 3.63) is 22.6 Å². The van der Waals surface area contributed by atoms with E-state index in [0.29, 0.717) is 23.7 Å². The predicted molar refractivity (Wildman–Crippen MR) is 99.0 cm³/mol. The lowest BCUT2D eigenvalue weighted by atomic mass is 9.44. The Balaban J connectivity index is 1.84. The van der Waals surface area contributed by atoms with Gasteiger partial charge < -0.3 is 0 Å². The van der Waals surface area contributed by atoms with E-state index in [4.69, 9.17) is 0 Å². The van der Waals surface area contributed by atoms with E-state index in [2.05, 4.69) is 33.1 Å². The van der Waals surface area contributed by atoms with Gasteiger partial charge in [-0.15, -0.1) is 12.6 Å². The highest BCUT2D eigenvalue weighted by Gasteiger charge is 2.64. The topological polar surface area (TPSA) is 34.1 Å². The molecule has 4 rings (SSSR count). The van der Waals surface area contributed by atoms with Gasteiger partial charge in [0.05, 0.1) is 4.91 Å². The first-order valence-electron chi connectivity index (χ1n) is 9.47. The van der Waals surface area contributed by atoms with Gasteiger partial charge in [0.2, 0.25) is 0 Å². The van der Waals surface area contributed by atoms with Crippen LogP contribution in [0.1, 0.15) is 52.9 Å². The Morgan fingerprint density at radius 1 is 1.16 bits per heavy atom. The fourth-order valence-corrected chi connectivity index (χ4v) is 7.28. The molecule has 0 spiro atoms. The van der Waals surface area contributed by atoms with Gasteiger partial charge >= 0.3 is 0 Å². The number of hydrogen-bond acceptors (Lipinski definition) is 3. The quantitative estimate of drug-likeness (QED) is 0.634. The molecule has 25 heavy (non-hydrogen) atoms. The van der Waals surface area contributed by atoms with Gasteiger partial charge in [-0.1, -0.05) is 27.4 Å². The molecule has 3 fully saturated rings. The number of thiol groups is 1. The van der Waals surface area contributed by atoms with E-state index in [9.17, 15) is 14.0 Å². The van der Waals surface area contributed by atoms with Gasteiger partial charge in [0, 0.05) is 11.8 Å². The van der Waals surface area contributed by atoms with Gasteiger partial charge in [-0.05, 0) is 65.9 Å². The number of halogens is 1. The first-order chi connectivity index (χ1) is 11.6. The molecule has 0 aromatic heterocycles. The molecule has 2 nitrogen and oxygen atoms in total. The van der Waals surface area contributed by atoms with Crippen LogP contribution in [0.3, 0.4) is 0 Å². The van der Waals surface area contributed by atoms with Crippen LogP contribution in [0.2, 0.25) is 0 Å². The molecule has 0 aromatic rings. The van der Waals surface area contributed by atoms with Gasteiger partial charge in [-0.3, -0.25) is 9.59 Å². The SMILES string of the molecule is C=C1C2=C(S)C(=O)CC[C@]2(C)[C@@H]2CC[C@]3(C)C(=O)C(F)C[C@H]3[C@@H]2C1C. The second-order valence-corrected chi connectivity index (χ2v) is 9.64. The smallest absolute Gasteiger partial charge is 0.173 e. The summed E-state index contributed by atoms with van der Waals surface area (Å²) in [5.74, 6) is 0.800. The number of carbonyl (C=O) groups excluding carboxylic acids is 2. The molecule has 4 aliphatic rings. The first kappa shape index (κ1) is 17.5. The van der Waals surface area contributed by atoms with Crippen molar-refractivity contribution in [2.24, 2.45) is 34.5 Å². The standard InChI is InChI=1S/C21H27FO2S/c1-10-11(2)17-18(25)15(23)6-8-20(17,3)12-5-7-21(4)13(16(10)12)9-14(22)19(21)24/h10,12-14,16,25H,2,5-9H2,1,3-4H3/t10?,12-,13+,14?,16-,20-,21+/m1/s1. The van der Waals surface area contributed by atoms with Crippen LogP contribution < -0.4 is 0 Å². The van der Waals surface area contributed by atoms with Gasteiger partial charge in [0.1, 0.15) is 0 Å².